The van der Waals surface area contributed by atoms with E-state index in [0.717, 1.165) is 12.8 Å². The number of morpholine rings is 1. The average molecular weight is 266 g/mol. The van der Waals surface area contributed by atoms with Gasteiger partial charge in [-0.05, 0) is 25.7 Å². The fourth-order valence-electron chi connectivity index (χ4n) is 2.57. The summed E-state index contributed by atoms with van der Waals surface area (Å²) >= 11 is 0. The van der Waals surface area contributed by atoms with E-state index in [-0.39, 0.29) is 11.8 Å². The Labute approximate surface area is 114 Å². The summed E-state index contributed by atoms with van der Waals surface area (Å²) < 4.78 is 5.38. The van der Waals surface area contributed by atoms with Gasteiger partial charge in [-0.3, -0.25) is 9.59 Å². The SMILES string of the molecule is CNC(=O)[C@H]1CN(C(=O)CC2=CCCCC2)CCO1. The lowest BCUT2D eigenvalue weighted by atomic mass is 9.97. The van der Waals surface area contributed by atoms with Crippen LogP contribution in [-0.4, -0.2) is 49.6 Å². The van der Waals surface area contributed by atoms with Crippen molar-refractivity contribution in [3.05, 3.63) is 11.6 Å². The molecule has 1 fully saturated rings. The summed E-state index contributed by atoms with van der Waals surface area (Å²) in [5.74, 6) is -0.0419. The van der Waals surface area contributed by atoms with Gasteiger partial charge in [-0.15, -0.1) is 0 Å². The summed E-state index contributed by atoms with van der Waals surface area (Å²) in [5.41, 5.74) is 1.25. The van der Waals surface area contributed by atoms with Crippen LogP contribution in [0.5, 0.6) is 0 Å². The average Bonchev–Trinajstić information content (AvgIpc) is 2.47. The molecular formula is C14H22N2O3. The van der Waals surface area contributed by atoms with E-state index < -0.39 is 6.10 Å². The fourth-order valence-corrected chi connectivity index (χ4v) is 2.57. The van der Waals surface area contributed by atoms with Crippen molar-refractivity contribution in [3.8, 4) is 0 Å². The Morgan fingerprint density at radius 3 is 3.00 bits per heavy atom. The predicted molar refractivity (Wildman–Crippen MR) is 71.6 cm³/mol. The molecule has 106 valence electrons. The van der Waals surface area contributed by atoms with E-state index in [9.17, 15) is 9.59 Å². The summed E-state index contributed by atoms with van der Waals surface area (Å²) in [6.45, 7) is 1.38. The largest absolute Gasteiger partial charge is 0.365 e. The molecule has 1 saturated heterocycles. The Hall–Kier alpha value is -1.36. The van der Waals surface area contributed by atoms with Crippen molar-refractivity contribution in [2.75, 3.05) is 26.7 Å². The van der Waals surface area contributed by atoms with E-state index in [0.29, 0.717) is 26.1 Å². The van der Waals surface area contributed by atoms with Gasteiger partial charge in [0.2, 0.25) is 5.91 Å². The third kappa shape index (κ3) is 3.80. The molecule has 0 aromatic heterocycles. The minimum absolute atomic E-state index is 0.116. The third-order valence-electron chi connectivity index (χ3n) is 3.72. The second-order valence-electron chi connectivity index (χ2n) is 5.10. The standard InChI is InChI=1S/C14H22N2O3/c1-15-14(18)12-10-16(7-8-19-12)13(17)9-11-5-3-2-4-6-11/h5,12H,2-4,6-10H2,1H3,(H,15,18)/t12-/m1/s1. The molecule has 5 nitrogen and oxygen atoms in total. The molecular weight excluding hydrogens is 244 g/mol. The molecule has 1 aliphatic heterocycles. The van der Waals surface area contributed by atoms with Crippen LogP contribution in [0.3, 0.4) is 0 Å². The van der Waals surface area contributed by atoms with Gasteiger partial charge in [0.05, 0.1) is 13.2 Å². The highest BCUT2D eigenvalue weighted by Crippen LogP contribution is 2.21. The number of nitrogens with one attached hydrogen (secondary N) is 1. The van der Waals surface area contributed by atoms with Crippen LogP contribution in [0.2, 0.25) is 0 Å². The molecule has 2 amide bonds. The lowest BCUT2D eigenvalue weighted by Crippen LogP contribution is -2.51. The highest BCUT2D eigenvalue weighted by Gasteiger charge is 2.28. The molecule has 19 heavy (non-hydrogen) atoms. The number of carbonyl (C=O) groups is 2. The minimum atomic E-state index is -0.525. The first-order valence-electron chi connectivity index (χ1n) is 6.99. The number of ether oxygens (including phenoxy) is 1. The van der Waals surface area contributed by atoms with E-state index in [1.165, 1.54) is 18.4 Å². The monoisotopic (exact) mass is 266 g/mol. The maximum Gasteiger partial charge on any atom is 0.250 e. The molecule has 0 radical (unpaired) electrons. The summed E-state index contributed by atoms with van der Waals surface area (Å²) in [7, 11) is 1.58. The molecule has 0 saturated carbocycles. The molecule has 2 aliphatic rings. The molecule has 1 atom stereocenters. The van der Waals surface area contributed by atoms with E-state index in [1.807, 2.05) is 0 Å². The molecule has 0 aromatic carbocycles. The first kappa shape index (κ1) is 14.1. The van der Waals surface area contributed by atoms with E-state index in [4.69, 9.17) is 4.74 Å². The maximum atomic E-state index is 12.2. The van der Waals surface area contributed by atoms with Gasteiger partial charge in [-0.2, -0.15) is 0 Å². The van der Waals surface area contributed by atoms with Crippen molar-refractivity contribution in [3.63, 3.8) is 0 Å². The van der Waals surface area contributed by atoms with Gasteiger partial charge >= 0.3 is 0 Å². The summed E-state index contributed by atoms with van der Waals surface area (Å²) in [5, 5.41) is 2.56. The number of amides is 2. The topological polar surface area (TPSA) is 58.6 Å². The van der Waals surface area contributed by atoms with Gasteiger partial charge in [0.25, 0.3) is 5.91 Å². The maximum absolute atomic E-state index is 12.2. The van der Waals surface area contributed by atoms with Crippen molar-refractivity contribution < 1.29 is 14.3 Å². The number of hydrogen-bond donors (Lipinski definition) is 1. The molecule has 0 aromatic rings. The van der Waals surface area contributed by atoms with E-state index >= 15 is 0 Å². The number of likely N-dealkylation sites (N-methyl/N-ethyl adjacent to an activating group) is 1. The van der Waals surface area contributed by atoms with Gasteiger partial charge in [0.1, 0.15) is 0 Å². The first-order chi connectivity index (χ1) is 9.20. The smallest absolute Gasteiger partial charge is 0.250 e. The highest BCUT2D eigenvalue weighted by molar-refractivity contribution is 5.83. The summed E-state index contributed by atoms with van der Waals surface area (Å²) in [6.07, 6.45) is 6.71. The Bertz CT molecular complexity index is 379. The molecule has 5 heteroatoms. The minimum Gasteiger partial charge on any atom is -0.365 e. The zero-order valence-electron chi connectivity index (χ0n) is 11.5. The molecule has 1 heterocycles. The van der Waals surface area contributed by atoms with Crippen LogP contribution in [0.25, 0.3) is 0 Å². The molecule has 0 bridgehead atoms. The number of carbonyl (C=O) groups excluding carboxylic acids is 2. The van der Waals surface area contributed by atoms with Crippen LogP contribution in [-0.2, 0) is 14.3 Å². The second kappa shape index (κ2) is 6.70. The number of allylic oxidation sites excluding steroid dienone is 1. The first-order valence-corrected chi connectivity index (χ1v) is 6.99. The molecule has 1 aliphatic carbocycles. The van der Waals surface area contributed by atoms with Crippen LogP contribution < -0.4 is 5.32 Å². The lowest BCUT2D eigenvalue weighted by Gasteiger charge is -2.32. The van der Waals surface area contributed by atoms with Crippen LogP contribution in [0.4, 0.5) is 0 Å². The Balaban J connectivity index is 1.88. The zero-order chi connectivity index (χ0) is 13.7. The summed E-state index contributed by atoms with van der Waals surface area (Å²) in [6, 6.07) is 0. The van der Waals surface area contributed by atoms with Gasteiger partial charge in [-0.25, -0.2) is 0 Å². The van der Waals surface area contributed by atoms with Gasteiger partial charge in [-0.1, -0.05) is 11.6 Å². The quantitative estimate of drug-likeness (QED) is 0.770. The van der Waals surface area contributed by atoms with Crippen molar-refractivity contribution in [1.82, 2.24) is 10.2 Å². The van der Waals surface area contributed by atoms with Crippen LogP contribution in [0.15, 0.2) is 11.6 Å². The molecule has 1 N–H and O–H groups in total. The molecule has 0 unspecified atom stereocenters. The van der Waals surface area contributed by atoms with Gasteiger partial charge in [0, 0.05) is 20.0 Å². The van der Waals surface area contributed by atoms with Crippen molar-refractivity contribution >= 4 is 11.8 Å². The summed E-state index contributed by atoms with van der Waals surface area (Å²) in [4.78, 5) is 25.5. The Kier molecular flexibility index (Phi) is 4.96. The second-order valence-corrected chi connectivity index (χ2v) is 5.10. The zero-order valence-corrected chi connectivity index (χ0v) is 11.5. The van der Waals surface area contributed by atoms with Crippen molar-refractivity contribution in [2.45, 2.75) is 38.2 Å². The van der Waals surface area contributed by atoms with Crippen LogP contribution in [0, 0.1) is 0 Å². The Morgan fingerprint density at radius 2 is 2.32 bits per heavy atom. The number of hydrogen-bond acceptors (Lipinski definition) is 3. The van der Waals surface area contributed by atoms with Crippen molar-refractivity contribution in [2.24, 2.45) is 0 Å². The van der Waals surface area contributed by atoms with Gasteiger partial charge < -0.3 is 15.0 Å². The number of rotatable bonds is 3. The lowest BCUT2D eigenvalue weighted by molar-refractivity contribution is -0.146. The highest BCUT2D eigenvalue weighted by atomic mass is 16.5. The van der Waals surface area contributed by atoms with Crippen LogP contribution in [0.1, 0.15) is 32.1 Å². The van der Waals surface area contributed by atoms with E-state index in [2.05, 4.69) is 11.4 Å². The van der Waals surface area contributed by atoms with E-state index in [1.54, 1.807) is 11.9 Å². The van der Waals surface area contributed by atoms with Gasteiger partial charge in [0.15, 0.2) is 6.10 Å². The third-order valence-corrected chi connectivity index (χ3v) is 3.72. The predicted octanol–water partition coefficient (Wildman–Crippen LogP) is 0.850. The molecule has 0 spiro atoms. The van der Waals surface area contributed by atoms with Crippen LogP contribution >= 0.6 is 0 Å². The Morgan fingerprint density at radius 1 is 1.47 bits per heavy atom. The molecule has 2 rings (SSSR count). The normalized spacial score (nSPS) is 23.7. The van der Waals surface area contributed by atoms with Crippen molar-refractivity contribution in [1.29, 1.82) is 0 Å². The number of nitrogens with zero attached hydrogens (tertiary/aromatic N) is 1. The fraction of sp³-hybridized carbons (Fsp3) is 0.714.